The zero-order chi connectivity index (χ0) is 14.4. The molecule has 1 unspecified atom stereocenters. The molecule has 0 amide bonds. The van der Waals surface area contributed by atoms with E-state index in [0.717, 1.165) is 23.5 Å². The molecule has 0 spiro atoms. The molecular formula is C17H21NOS. The number of rotatable bonds is 6. The van der Waals surface area contributed by atoms with Crippen LogP contribution < -0.4 is 10.5 Å². The smallest absolute Gasteiger partial charge is 0.132 e. The van der Waals surface area contributed by atoms with Crippen molar-refractivity contribution in [3.05, 3.63) is 54.1 Å². The number of ether oxygens (including phenoxy) is 1. The summed E-state index contributed by atoms with van der Waals surface area (Å²) >= 11 is 1.74. The molecule has 0 aliphatic heterocycles. The fourth-order valence-corrected chi connectivity index (χ4v) is 3.09. The van der Waals surface area contributed by atoms with Gasteiger partial charge in [-0.3, -0.25) is 0 Å². The number of methoxy groups -OCH3 is 1. The summed E-state index contributed by atoms with van der Waals surface area (Å²) in [5.74, 6) is 0.909. The molecule has 0 radical (unpaired) electrons. The van der Waals surface area contributed by atoms with Crippen molar-refractivity contribution in [2.24, 2.45) is 5.73 Å². The quantitative estimate of drug-likeness (QED) is 0.867. The molecule has 2 aromatic carbocycles. The predicted octanol–water partition coefficient (Wildman–Crippen LogP) is 4.13. The molecule has 2 rings (SSSR count). The van der Waals surface area contributed by atoms with E-state index in [-0.39, 0.29) is 6.04 Å². The third-order valence-corrected chi connectivity index (χ3v) is 4.44. The lowest BCUT2D eigenvalue weighted by Crippen LogP contribution is -2.21. The molecule has 0 saturated carbocycles. The average Bonchev–Trinajstić information content (AvgIpc) is 2.49. The topological polar surface area (TPSA) is 35.2 Å². The summed E-state index contributed by atoms with van der Waals surface area (Å²) in [7, 11) is 1.71. The molecule has 0 aliphatic rings. The van der Waals surface area contributed by atoms with Crippen molar-refractivity contribution in [2.45, 2.75) is 35.6 Å². The van der Waals surface area contributed by atoms with Gasteiger partial charge in [0.2, 0.25) is 0 Å². The van der Waals surface area contributed by atoms with Gasteiger partial charge in [0.15, 0.2) is 0 Å². The lowest BCUT2D eigenvalue weighted by atomic mass is 10.1. The largest absolute Gasteiger partial charge is 0.496 e. The van der Waals surface area contributed by atoms with Crippen LogP contribution in [0.25, 0.3) is 0 Å². The Morgan fingerprint density at radius 1 is 1.05 bits per heavy atom. The second-order valence-corrected chi connectivity index (χ2v) is 5.82. The van der Waals surface area contributed by atoms with Crippen LogP contribution in [0.5, 0.6) is 5.75 Å². The maximum atomic E-state index is 6.09. The molecule has 0 aromatic heterocycles. The Hall–Kier alpha value is -1.45. The van der Waals surface area contributed by atoms with E-state index in [9.17, 15) is 0 Å². The van der Waals surface area contributed by atoms with E-state index in [1.54, 1.807) is 18.9 Å². The van der Waals surface area contributed by atoms with Crippen molar-refractivity contribution in [3.63, 3.8) is 0 Å². The summed E-state index contributed by atoms with van der Waals surface area (Å²) < 4.78 is 5.41. The minimum absolute atomic E-state index is 0.217. The molecule has 2 nitrogen and oxygen atoms in total. The maximum absolute atomic E-state index is 6.09. The molecule has 2 N–H and O–H groups in total. The molecule has 3 heteroatoms. The first-order valence-electron chi connectivity index (χ1n) is 6.89. The van der Waals surface area contributed by atoms with Crippen LogP contribution in [0.1, 0.15) is 18.9 Å². The van der Waals surface area contributed by atoms with Crippen LogP contribution >= 0.6 is 11.8 Å². The van der Waals surface area contributed by atoms with Crippen LogP contribution in [-0.2, 0) is 6.42 Å². The molecule has 0 fully saturated rings. The molecule has 0 bridgehead atoms. The van der Waals surface area contributed by atoms with Crippen LogP contribution in [0, 0.1) is 0 Å². The third kappa shape index (κ3) is 3.78. The first-order valence-corrected chi connectivity index (χ1v) is 7.70. The average molecular weight is 287 g/mol. The number of para-hydroxylation sites is 1. The molecule has 0 saturated heterocycles. The Kier molecular flexibility index (Phi) is 5.50. The lowest BCUT2D eigenvalue weighted by Gasteiger charge is -2.14. The van der Waals surface area contributed by atoms with Gasteiger partial charge in [-0.1, -0.05) is 49.0 Å². The van der Waals surface area contributed by atoms with Crippen molar-refractivity contribution in [1.29, 1.82) is 0 Å². The number of benzene rings is 2. The maximum Gasteiger partial charge on any atom is 0.132 e. The zero-order valence-electron chi connectivity index (χ0n) is 12.0. The Bertz CT molecular complexity index is 556. The van der Waals surface area contributed by atoms with Gasteiger partial charge in [0, 0.05) is 10.9 Å². The summed E-state index contributed by atoms with van der Waals surface area (Å²) in [4.78, 5) is 2.38. The fourth-order valence-electron chi connectivity index (χ4n) is 2.02. The second kappa shape index (κ2) is 7.36. The van der Waals surface area contributed by atoms with Gasteiger partial charge in [0.1, 0.15) is 5.75 Å². The Morgan fingerprint density at radius 3 is 2.40 bits per heavy atom. The molecule has 20 heavy (non-hydrogen) atoms. The van der Waals surface area contributed by atoms with E-state index in [1.807, 2.05) is 18.2 Å². The van der Waals surface area contributed by atoms with Crippen LogP contribution in [0.4, 0.5) is 0 Å². The van der Waals surface area contributed by atoms with E-state index >= 15 is 0 Å². The van der Waals surface area contributed by atoms with Gasteiger partial charge >= 0.3 is 0 Å². The molecule has 0 heterocycles. The third-order valence-electron chi connectivity index (χ3n) is 3.27. The highest BCUT2D eigenvalue weighted by atomic mass is 32.2. The Balaban J connectivity index is 2.24. The summed E-state index contributed by atoms with van der Waals surface area (Å²) in [6.07, 6.45) is 1.91. The van der Waals surface area contributed by atoms with Crippen molar-refractivity contribution < 1.29 is 4.74 Å². The highest BCUT2D eigenvalue weighted by Crippen LogP contribution is 2.36. The number of nitrogens with two attached hydrogens (primary N) is 1. The van der Waals surface area contributed by atoms with Crippen molar-refractivity contribution in [3.8, 4) is 5.75 Å². The van der Waals surface area contributed by atoms with Crippen LogP contribution in [0.2, 0.25) is 0 Å². The fraction of sp³-hybridized carbons (Fsp3) is 0.294. The van der Waals surface area contributed by atoms with Gasteiger partial charge in [-0.2, -0.15) is 0 Å². The molecular weight excluding hydrogens is 266 g/mol. The van der Waals surface area contributed by atoms with E-state index < -0.39 is 0 Å². The molecule has 0 aliphatic carbocycles. The Morgan fingerprint density at radius 2 is 1.70 bits per heavy atom. The first kappa shape index (κ1) is 14.9. The van der Waals surface area contributed by atoms with E-state index in [4.69, 9.17) is 10.5 Å². The highest BCUT2D eigenvalue weighted by molar-refractivity contribution is 7.99. The van der Waals surface area contributed by atoms with Gasteiger partial charge in [-0.05, 0) is 36.6 Å². The van der Waals surface area contributed by atoms with Gasteiger partial charge in [0.25, 0.3) is 0 Å². The van der Waals surface area contributed by atoms with Crippen LogP contribution in [0.15, 0.2) is 58.3 Å². The minimum Gasteiger partial charge on any atom is -0.496 e. The second-order valence-electron chi connectivity index (χ2n) is 4.73. The molecule has 1 atom stereocenters. The van der Waals surface area contributed by atoms with Crippen molar-refractivity contribution >= 4 is 11.8 Å². The van der Waals surface area contributed by atoms with Crippen LogP contribution in [0.3, 0.4) is 0 Å². The standard InChI is InChI=1S/C17H21NOS/c1-3-14(18)12-13-8-4-6-10-16(13)20-17-11-7-5-9-15(17)19-2/h4-11,14H,3,12,18H2,1-2H3. The first-order chi connectivity index (χ1) is 9.74. The SMILES string of the molecule is CCC(N)Cc1ccccc1Sc1ccccc1OC. The Labute approximate surface area is 125 Å². The minimum atomic E-state index is 0.217. The van der Waals surface area contributed by atoms with Crippen molar-refractivity contribution in [1.82, 2.24) is 0 Å². The number of hydrogen-bond donors (Lipinski definition) is 1. The predicted molar refractivity (Wildman–Crippen MR) is 85.5 cm³/mol. The molecule has 106 valence electrons. The molecule has 2 aromatic rings. The van der Waals surface area contributed by atoms with Crippen molar-refractivity contribution in [2.75, 3.05) is 7.11 Å². The van der Waals surface area contributed by atoms with Gasteiger partial charge in [-0.15, -0.1) is 0 Å². The summed E-state index contributed by atoms with van der Waals surface area (Å²) in [6.45, 7) is 2.13. The monoisotopic (exact) mass is 287 g/mol. The summed E-state index contributed by atoms with van der Waals surface area (Å²) in [6, 6.07) is 16.8. The normalized spacial score (nSPS) is 12.2. The van der Waals surface area contributed by atoms with Gasteiger partial charge in [-0.25, -0.2) is 0 Å². The summed E-state index contributed by atoms with van der Waals surface area (Å²) in [5.41, 5.74) is 7.39. The van der Waals surface area contributed by atoms with Gasteiger partial charge < -0.3 is 10.5 Å². The van der Waals surface area contributed by atoms with Crippen LogP contribution in [-0.4, -0.2) is 13.2 Å². The number of hydrogen-bond acceptors (Lipinski definition) is 3. The summed E-state index contributed by atoms with van der Waals surface area (Å²) in [5, 5.41) is 0. The van der Waals surface area contributed by atoms with E-state index in [1.165, 1.54) is 10.5 Å². The van der Waals surface area contributed by atoms with E-state index in [2.05, 4.69) is 37.3 Å². The van der Waals surface area contributed by atoms with E-state index in [0.29, 0.717) is 0 Å². The van der Waals surface area contributed by atoms with Gasteiger partial charge in [0.05, 0.1) is 12.0 Å². The zero-order valence-corrected chi connectivity index (χ0v) is 12.8. The lowest BCUT2D eigenvalue weighted by molar-refractivity contribution is 0.405. The highest BCUT2D eigenvalue weighted by Gasteiger charge is 2.10.